The lowest BCUT2D eigenvalue weighted by Gasteiger charge is -2.10. The van der Waals surface area contributed by atoms with Crippen LogP contribution in [0.4, 0.5) is 5.69 Å². The Morgan fingerprint density at radius 2 is 2.16 bits per heavy atom. The Morgan fingerprint density at radius 3 is 2.88 bits per heavy atom. The molecule has 1 fully saturated rings. The van der Waals surface area contributed by atoms with Crippen LogP contribution in [0.2, 0.25) is 0 Å². The number of ether oxygens (including phenoxy) is 3. The average molecular weight is 338 g/mol. The van der Waals surface area contributed by atoms with Gasteiger partial charge in [0.05, 0.1) is 12.2 Å². The first kappa shape index (κ1) is 16.8. The quantitative estimate of drug-likeness (QED) is 0.785. The number of rotatable bonds is 7. The van der Waals surface area contributed by atoms with Gasteiger partial charge in [0, 0.05) is 5.69 Å². The minimum absolute atomic E-state index is 0.109. The zero-order chi connectivity index (χ0) is 17.6. The molecule has 0 radical (unpaired) electrons. The van der Waals surface area contributed by atoms with E-state index in [-0.39, 0.29) is 18.6 Å². The van der Waals surface area contributed by atoms with Crippen molar-refractivity contribution in [2.24, 2.45) is 0 Å². The number of aryl methyl sites for hydroxylation is 1. The second-order valence-corrected chi connectivity index (χ2v) is 5.74. The first-order valence-electron chi connectivity index (χ1n) is 7.92. The van der Waals surface area contributed by atoms with E-state index in [2.05, 4.69) is 11.4 Å². The summed E-state index contributed by atoms with van der Waals surface area (Å²) in [5.41, 5.74) is 1.94. The van der Waals surface area contributed by atoms with Gasteiger partial charge in [-0.1, -0.05) is 12.1 Å². The zero-order valence-corrected chi connectivity index (χ0v) is 13.8. The SMILES string of the molecule is Cc1cccc(OCC(=O)Nc2ccc(OCC3CO3)c(C#N)c2)c1. The average Bonchev–Trinajstić information content (AvgIpc) is 3.43. The highest BCUT2D eigenvalue weighted by Crippen LogP contribution is 2.23. The second-order valence-electron chi connectivity index (χ2n) is 5.74. The number of benzene rings is 2. The van der Waals surface area contributed by atoms with Crippen molar-refractivity contribution < 1.29 is 19.0 Å². The molecule has 2 aromatic rings. The van der Waals surface area contributed by atoms with E-state index in [4.69, 9.17) is 14.2 Å². The molecule has 6 heteroatoms. The molecule has 3 rings (SSSR count). The fourth-order valence-electron chi connectivity index (χ4n) is 2.22. The summed E-state index contributed by atoms with van der Waals surface area (Å²) in [6.45, 7) is 2.96. The van der Waals surface area contributed by atoms with E-state index in [1.165, 1.54) is 0 Å². The van der Waals surface area contributed by atoms with Crippen molar-refractivity contribution in [1.82, 2.24) is 0 Å². The summed E-state index contributed by atoms with van der Waals surface area (Å²) in [4.78, 5) is 12.0. The van der Waals surface area contributed by atoms with E-state index in [0.717, 1.165) is 5.56 Å². The maximum absolute atomic E-state index is 12.0. The number of epoxide rings is 1. The molecular weight excluding hydrogens is 320 g/mol. The minimum atomic E-state index is -0.301. The van der Waals surface area contributed by atoms with Crippen LogP contribution in [0.25, 0.3) is 0 Å². The summed E-state index contributed by atoms with van der Waals surface area (Å²) in [7, 11) is 0. The Morgan fingerprint density at radius 1 is 1.32 bits per heavy atom. The van der Waals surface area contributed by atoms with Crippen molar-refractivity contribution in [3.05, 3.63) is 53.6 Å². The van der Waals surface area contributed by atoms with E-state index in [9.17, 15) is 10.1 Å². The molecule has 1 aliphatic rings. The third-order valence-electron chi connectivity index (χ3n) is 3.57. The third-order valence-corrected chi connectivity index (χ3v) is 3.57. The molecule has 1 aliphatic heterocycles. The highest BCUT2D eigenvalue weighted by Gasteiger charge is 2.23. The molecule has 1 amide bonds. The molecular formula is C19H18N2O4. The molecule has 0 aromatic heterocycles. The topological polar surface area (TPSA) is 83.9 Å². The van der Waals surface area contributed by atoms with E-state index >= 15 is 0 Å². The maximum Gasteiger partial charge on any atom is 0.262 e. The highest BCUT2D eigenvalue weighted by atomic mass is 16.6. The molecule has 0 bridgehead atoms. The van der Waals surface area contributed by atoms with E-state index in [0.29, 0.717) is 36.0 Å². The number of nitrogens with one attached hydrogen (secondary N) is 1. The largest absolute Gasteiger partial charge is 0.489 e. The summed E-state index contributed by atoms with van der Waals surface area (Å²) in [6.07, 6.45) is 0.115. The van der Waals surface area contributed by atoms with Gasteiger partial charge in [-0.15, -0.1) is 0 Å². The summed E-state index contributed by atoms with van der Waals surface area (Å²) >= 11 is 0. The number of anilines is 1. The Labute approximate surface area is 145 Å². The molecule has 128 valence electrons. The summed E-state index contributed by atoms with van der Waals surface area (Å²) < 4.78 is 16.1. The van der Waals surface area contributed by atoms with Crippen LogP contribution in [0, 0.1) is 18.3 Å². The number of carbonyl (C=O) groups is 1. The second kappa shape index (κ2) is 7.69. The molecule has 1 N–H and O–H groups in total. The van der Waals surface area contributed by atoms with Crippen LogP contribution in [-0.4, -0.2) is 31.8 Å². The van der Waals surface area contributed by atoms with Crippen molar-refractivity contribution in [3.63, 3.8) is 0 Å². The standard InChI is InChI=1S/C19H18N2O4/c1-13-3-2-4-16(7-13)24-12-19(22)21-15-5-6-18(14(8-15)9-20)25-11-17-10-23-17/h2-8,17H,10-12H2,1H3,(H,21,22). The van der Waals surface area contributed by atoms with Crippen LogP contribution in [0.1, 0.15) is 11.1 Å². The van der Waals surface area contributed by atoms with Crippen LogP contribution in [0.5, 0.6) is 11.5 Å². The van der Waals surface area contributed by atoms with Gasteiger partial charge in [-0.25, -0.2) is 0 Å². The van der Waals surface area contributed by atoms with Crippen LogP contribution >= 0.6 is 0 Å². The lowest BCUT2D eigenvalue weighted by Crippen LogP contribution is -2.20. The lowest BCUT2D eigenvalue weighted by molar-refractivity contribution is -0.118. The molecule has 0 aliphatic carbocycles. The van der Waals surface area contributed by atoms with E-state index < -0.39 is 0 Å². The molecule has 1 heterocycles. The monoisotopic (exact) mass is 338 g/mol. The molecule has 0 spiro atoms. The zero-order valence-electron chi connectivity index (χ0n) is 13.8. The van der Waals surface area contributed by atoms with Gasteiger partial charge in [-0.05, 0) is 42.8 Å². The molecule has 0 saturated carbocycles. The van der Waals surface area contributed by atoms with Crippen LogP contribution in [0.15, 0.2) is 42.5 Å². The predicted molar refractivity (Wildman–Crippen MR) is 91.7 cm³/mol. The number of carbonyl (C=O) groups excluding carboxylic acids is 1. The number of hydrogen-bond donors (Lipinski definition) is 1. The first-order chi connectivity index (χ1) is 12.1. The fourth-order valence-corrected chi connectivity index (χ4v) is 2.22. The molecule has 1 saturated heterocycles. The highest BCUT2D eigenvalue weighted by molar-refractivity contribution is 5.92. The van der Waals surface area contributed by atoms with E-state index in [1.54, 1.807) is 24.3 Å². The van der Waals surface area contributed by atoms with Gasteiger partial charge < -0.3 is 19.5 Å². The third kappa shape index (κ3) is 4.96. The van der Waals surface area contributed by atoms with Gasteiger partial charge in [0.15, 0.2) is 6.61 Å². The normalized spacial score (nSPS) is 15.1. The smallest absolute Gasteiger partial charge is 0.262 e. The van der Waals surface area contributed by atoms with Crippen molar-refractivity contribution in [2.45, 2.75) is 13.0 Å². The summed E-state index contributed by atoms with van der Waals surface area (Å²) in [6, 6.07) is 14.5. The number of nitrogens with zero attached hydrogens (tertiary/aromatic N) is 1. The summed E-state index contributed by atoms with van der Waals surface area (Å²) in [5, 5.41) is 11.9. The van der Waals surface area contributed by atoms with Gasteiger partial charge >= 0.3 is 0 Å². The van der Waals surface area contributed by atoms with Gasteiger partial charge in [0.1, 0.15) is 30.3 Å². The van der Waals surface area contributed by atoms with Crippen LogP contribution < -0.4 is 14.8 Å². The number of amides is 1. The van der Waals surface area contributed by atoms with Gasteiger partial charge in [0.25, 0.3) is 5.91 Å². The maximum atomic E-state index is 12.0. The number of nitriles is 1. The molecule has 1 atom stereocenters. The van der Waals surface area contributed by atoms with Crippen molar-refractivity contribution in [3.8, 4) is 17.6 Å². The summed E-state index contributed by atoms with van der Waals surface area (Å²) in [5.74, 6) is 0.816. The minimum Gasteiger partial charge on any atom is -0.489 e. The van der Waals surface area contributed by atoms with Crippen LogP contribution in [-0.2, 0) is 9.53 Å². The van der Waals surface area contributed by atoms with Crippen molar-refractivity contribution >= 4 is 11.6 Å². The van der Waals surface area contributed by atoms with Crippen molar-refractivity contribution in [2.75, 3.05) is 25.1 Å². The Balaban J connectivity index is 1.56. The predicted octanol–water partition coefficient (Wildman–Crippen LogP) is 2.66. The van der Waals surface area contributed by atoms with Crippen molar-refractivity contribution in [1.29, 1.82) is 5.26 Å². The Bertz CT molecular complexity index is 809. The fraction of sp³-hybridized carbons (Fsp3) is 0.263. The van der Waals surface area contributed by atoms with E-state index in [1.807, 2.05) is 25.1 Å². The molecule has 2 aromatic carbocycles. The first-order valence-corrected chi connectivity index (χ1v) is 7.92. The molecule has 1 unspecified atom stereocenters. The van der Waals surface area contributed by atoms with Gasteiger partial charge in [0.2, 0.25) is 0 Å². The van der Waals surface area contributed by atoms with Gasteiger partial charge in [-0.3, -0.25) is 4.79 Å². The molecule has 25 heavy (non-hydrogen) atoms. The van der Waals surface area contributed by atoms with Crippen LogP contribution in [0.3, 0.4) is 0 Å². The number of hydrogen-bond acceptors (Lipinski definition) is 5. The molecule has 6 nitrogen and oxygen atoms in total. The Kier molecular flexibility index (Phi) is 5.17. The van der Waals surface area contributed by atoms with Gasteiger partial charge in [-0.2, -0.15) is 5.26 Å². The lowest BCUT2D eigenvalue weighted by atomic mass is 10.2. The Hall–Kier alpha value is -3.04.